The van der Waals surface area contributed by atoms with Gasteiger partial charge in [0, 0.05) is 23.1 Å². The molecule has 0 saturated carbocycles. The number of benzene rings is 1. The third-order valence-electron chi connectivity index (χ3n) is 2.58. The van der Waals surface area contributed by atoms with Gasteiger partial charge in [0.05, 0.1) is 5.69 Å². The highest BCUT2D eigenvalue weighted by Gasteiger charge is 2.04. The van der Waals surface area contributed by atoms with Crippen molar-refractivity contribution in [1.82, 2.24) is 10.5 Å². The Balaban J connectivity index is 1.80. The lowest BCUT2D eigenvalue weighted by Gasteiger charge is -2.12. The molecule has 0 radical (unpaired) electrons. The fourth-order valence-electron chi connectivity index (χ4n) is 1.65. The standard InChI is InChI=1S/C13H15BrN2O/c1-10(15-9-13-6-7-17-16-13)8-11-2-4-12(14)5-3-11/h2-7,10,15H,8-9H2,1H3. The molecule has 1 aromatic carbocycles. The minimum absolute atomic E-state index is 0.410. The second-order valence-electron chi connectivity index (χ2n) is 4.10. The molecule has 17 heavy (non-hydrogen) atoms. The molecule has 0 fully saturated rings. The Morgan fingerprint density at radius 3 is 2.71 bits per heavy atom. The summed E-state index contributed by atoms with van der Waals surface area (Å²) >= 11 is 3.43. The van der Waals surface area contributed by atoms with Gasteiger partial charge in [0.1, 0.15) is 6.26 Å². The van der Waals surface area contributed by atoms with Gasteiger partial charge in [0.25, 0.3) is 0 Å². The molecule has 1 unspecified atom stereocenters. The first-order chi connectivity index (χ1) is 8.24. The van der Waals surface area contributed by atoms with Gasteiger partial charge in [-0.3, -0.25) is 0 Å². The van der Waals surface area contributed by atoms with E-state index in [-0.39, 0.29) is 0 Å². The van der Waals surface area contributed by atoms with Crippen molar-refractivity contribution in [2.45, 2.75) is 25.9 Å². The van der Waals surface area contributed by atoms with Gasteiger partial charge in [-0.1, -0.05) is 33.2 Å². The minimum atomic E-state index is 0.410. The summed E-state index contributed by atoms with van der Waals surface area (Å²) in [6, 6.07) is 10.7. The van der Waals surface area contributed by atoms with Crippen LogP contribution in [0.15, 0.2) is 45.6 Å². The molecule has 1 heterocycles. The molecule has 0 amide bonds. The molecule has 0 aliphatic rings. The minimum Gasteiger partial charge on any atom is -0.364 e. The molecule has 0 spiro atoms. The molecule has 4 heteroatoms. The van der Waals surface area contributed by atoms with E-state index in [1.165, 1.54) is 5.56 Å². The highest BCUT2D eigenvalue weighted by atomic mass is 79.9. The van der Waals surface area contributed by atoms with Gasteiger partial charge < -0.3 is 9.84 Å². The van der Waals surface area contributed by atoms with Gasteiger partial charge in [-0.25, -0.2) is 0 Å². The van der Waals surface area contributed by atoms with Crippen LogP contribution in [0.4, 0.5) is 0 Å². The maximum absolute atomic E-state index is 4.78. The third-order valence-corrected chi connectivity index (χ3v) is 3.11. The van der Waals surface area contributed by atoms with Crippen LogP contribution in [-0.2, 0) is 13.0 Å². The van der Waals surface area contributed by atoms with Crippen LogP contribution < -0.4 is 5.32 Å². The van der Waals surface area contributed by atoms with Crippen LogP contribution in [0.2, 0.25) is 0 Å². The van der Waals surface area contributed by atoms with Crippen molar-refractivity contribution in [3.05, 3.63) is 52.3 Å². The molecule has 0 aliphatic heterocycles. The molecular weight excluding hydrogens is 280 g/mol. The molecule has 1 atom stereocenters. The first-order valence-electron chi connectivity index (χ1n) is 5.61. The number of nitrogens with zero attached hydrogens (tertiary/aromatic N) is 1. The third kappa shape index (κ3) is 3.98. The van der Waals surface area contributed by atoms with Crippen molar-refractivity contribution in [2.75, 3.05) is 0 Å². The summed E-state index contributed by atoms with van der Waals surface area (Å²) in [5, 5.41) is 7.28. The second-order valence-corrected chi connectivity index (χ2v) is 5.02. The normalized spacial score (nSPS) is 12.6. The Labute approximate surface area is 109 Å². The molecule has 2 aromatic rings. The van der Waals surface area contributed by atoms with Crippen LogP contribution in [0.25, 0.3) is 0 Å². The van der Waals surface area contributed by atoms with Crippen molar-refractivity contribution in [3.63, 3.8) is 0 Å². The lowest BCUT2D eigenvalue weighted by Crippen LogP contribution is -2.27. The van der Waals surface area contributed by atoms with Crippen molar-refractivity contribution < 1.29 is 4.52 Å². The van der Waals surface area contributed by atoms with E-state index in [9.17, 15) is 0 Å². The molecule has 0 saturated heterocycles. The number of halogens is 1. The van der Waals surface area contributed by atoms with Crippen LogP contribution in [0.5, 0.6) is 0 Å². The van der Waals surface area contributed by atoms with Gasteiger partial charge in [0.2, 0.25) is 0 Å². The summed E-state index contributed by atoms with van der Waals surface area (Å²) in [6.45, 7) is 2.91. The van der Waals surface area contributed by atoms with Gasteiger partial charge in [0.15, 0.2) is 0 Å². The largest absolute Gasteiger partial charge is 0.364 e. The maximum atomic E-state index is 4.78. The number of nitrogens with one attached hydrogen (secondary N) is 1. The van der Waals surface area contributed by atoms with Crippen LogP contribution >= 0.6 is 15.9 Å². The van der Waals surface area contributed by atoms with Crippen molar-refractivity contribution >= 4 is 15.9 Å². The average molecular weight is 295 g/mol. The zero-order valence-corrected chi connectivity index (χ0v) is 11.3. The molecule has 90 valence electrons. The van der Waals surface area contributed by atoms with E-state index in [0.29, 0.717) is 6.04 Å². The number of hydrogen-bond donors (Lipinski definition) is 1. The number of hydrogen-bond acceptors (Lipinski definition) is 3. The summed E-state index contributed by atoms with van der Waals surface area (Å²) in [7, 11) is 0. The first kappa shape index (κ1) is 12.3. The van der Waals surface area contributed by atoms with E-state index < -0.39 is 0 Å². The fourth-order valence-corrected chi connectivity index (χ4v) is 1.92. The van der Waals surface area contributed by atoms with Crippen LogP contribution in [0.1, 0.15) is 18.2 Å². The van der Waals surface area contributed by atoms with E-state index in [1.54, 1.807) is 6.26 Å². The Hall–Kier alpha value is -1.13. The summed E-state index contributed by atoms with van der Waals surface area (Å²) in [5.74, 6) is 0. The van der Waals surface area contributed by atoms with Gasteiger partial charge in [-0.15, -0.1) is 0 Å². The predicted molar refractivity (Wildman–Crippen MR) is 70.7 cm³/mol. The van der Waals surface area contributed by atoms with Gasteiger partial charge >= 0.3 is 0 Å². The maximum Gasteiger partial charge on any atom is 0.124 e. The first-order valence-corrected chi connectivity index (χ1v) is 6.40. The van der Waals surface area contributed by atoms with Gasteiger partial charge in [-0.05, 0) is 31.0 Å². The van der Waals surface area contributed by atoms with E-state index >= 15 is 0 Å². The van der Waals surface area contributed by atoms with Crippen molar-refractivity contribution in [1.29, 1.82) is 0 Å². The average Bonchev–Trinajstić information content (AvgIpc) is 2.83. The monoisotopic (exact) mass is 294 g/mol. The molecule has 3 nitrogen and oxygen atoms in total. The van der Waals surface area contributed by atoms with Crippen LogP contribution in [-0.4, -0.2) is 11.2 Å². The lowest BCUT2D eigenvalue weighted by molar-refractivity contribution is 0.405. The van der Waals surface area contributed by atoms with E-state index in [2.05, 4.69) is 57.6 Å². The molecule has 2 rings (SSSR count). The highest BCUT2D eigenvalue weighted by Crippen LogP contribution is 2.12. The lowest BCUT2D eigenvalue weighted by atomic mass is 10.1. The molecular formula is C13H15BrN2O. The van der Waals surface area contributed by atoms with Crippen molar-refractivity contribution in [3.8, 4) is 0 Å². The van der Waals surface area contributed by atoms with Crippen LogP contribution in [0.3, 0.4) is 0 Å². The van der Waals surface area contributed by atoms with Gasteiger partial charge in [-0.2, -0.15) is 0 Å². The summed E-state index contributed by atoms with van der Waals surface area (Å²) in [4.78, 5) is 0. The summed E-state index contributed by atoms with van der Waals surface area (Å²) in [6.07, 6.45) is 2.60. The zero-order chi connectivity index (χ0) is 12.1. The number of rotatable bonds is 5. The fraction of sp³-hybridized carbons (Fsp3) is 0.308. The van der Waals surface area contributed by atoms with E-state index in [0.717, 1.165) is 23.1 Å². The second kappa shape index (κ2) is 5.98. The SMILES string of the molecule is CC(Cc1ccc(Br)cc1)NCc1ccon1. The van der Waals surface area contributed by atoms with Crippen LogP contribution in [0, 0.1) is 0 Å². The topological polar surface area (TPSA) is 38.1 Å². The molecule has 1 aromatic heterocycles. The molecule has 0 aliphatic carbocycles. The predicted octanol–water partition coefficient (Wildman–Crippen LogP) is 3.16. The highest BCUT2D eigenvalue weighted by molar-refractivity contribution is 9.10. The Morgan fingerprint density at radius 2 is 2.06 bits per heavy atom. The Morgan fingerprint density at radius 1 is 1.29 bits per heavy atom. The Kier molecular flexibility index (Phi) is 4.34. The van der Waals surface area contributed by atoms with Crippen molar-refractivity contribution in [2.24, 2.45) is 0 Å². The summed E-state index contributed by atoms with van der Waals surface area (Å²) in [5.41, 5.74) is 2.26. The number of aromatic nitrogens is 1. The molecule has 0 bridgehead atoms. The Bertz CT molecular complexity index is 439. The van der Waals surface area contributed by atoms with E-state index in [4.69, 9.17) is 4.52 Å². The smallest absolute Gasteiger partial charge is 0.124 e. The summed E-state index contributed by atoms with van der Waals surface area (Å²) < 4.78 is 5.90. The quantitative estimate of drug-likeness (QED) is 0.920. The van der Waals surface area contributed by atoms with E-state index in [1.807, 2.05) is 6.07 Å². The zero-order valence-electron chi connectivity index (χ0n) is 9.69. The molecule has 1 N–H and O–H groups in total.